The fourth-order valence-electron chi connectivity index (χ4n) is 2.86. The Morgan fingerprint density at radius 1 is 1.00 bits per heavy atom. The number of carbonyl (C=O) groups is 3. The topological polar surface area (TPSA) is 117 Å². The maximum Gasteiger partial charge on any atom is 0.414 e. The number of aliphatic carboxylic acids is 2. The summed E-state index contributed by atoms with van der Waals surface area (Å²) in [6.07, 6.45) is 0.645. The van der Waals surface area contributed by atoms with Crippen molar-refractivity contribution in [3.8, 4) is 11.5 Å². The third-order valence-corrected chi connectivity index (χ3v) is 4.38. The van der Waals surface area contributed by atoms with Crippen LogP contribution in [0.3, 0.4) is 0 Å². The van der Waals surface area contributed by atoms with Crippen LogP contribution >= 0.6 is 0 Å². The Hall–Kier alpha value is -2.81. The van der Waals surface area contributed by atoms with Gasteiger partial charge in [-0.05, 0) is 12.0 Å². The van der Waals surface area contributed by atoms with Crippen molar-refractivity contribution in [2.24, 2.45) is 5.92 Å². The molecule has 0 aliphatic carbocycles. The Balaban J connectivity index is 0.000000612. The van der Waals surface area contributed by atoms with Gasteiger partial charge < -0.3 is 24.6 Å². The predicted octanol–water partition coefficient (Wildman–Crippen LogP) is 1.55. The Morgan fingerprint density at radius 3 is 2.03 bits per heavy atom. The fraction of sp³-hybridized carbons (Fsp3) is 0.550. The van der Waals surface area contributed by atoms with E-state index in [1.807, 2.05) is 23.1 Å². The Kier molecular flexibility index (Phi) is 9.94. The van der Waals surface area contributed by atoms with Gasteiger partial charge in [0.2, 0.25) is 5.91 Å². The maximum absolute atomic E-state index is 12.1. The zero-order chi connectivity index (χ0) is 22.0. The molecule has 1 aliphatic heterocycles. The minimum Gasteiger partial charge on any atom is -0.497 e. The summed E-state index contributed by atoms with van der Waals surface area (Å²) < 4.78 is 10.7. The van der Waals surface area contributed by atoms with Crippen molar-refractivity contribution in [1.29, 1.82) is 0 Å². The van der Waals surface area contributed by atoms with E-state index in [1.54, 1.807) is 14.2 Å². The number of piperazine rings is 1. The van der Waals surface area contributed by atoms with Crippen molar-refractivity contribution in [3.63, 3.8) is 0 Å². The van der Waals surface area contributed by atoms with Gasteiger partial charge in [-0.15, -0.1) is 0 Å². The van der Waals surface area contributed by atoms with Gasteiger partial charge in [-0.25, -0.2) is 9.59 Å². The summed E-state index contributed by atoms with van der Waals surface area (Å²) in [4.78, 5) is 34.7. The van der Waals surface area contributed by atoms with Crippen molar-refractivity contribution in [2.45, 2.75) is 26.8 Å². The van der Waals surface area contributed by atoms with E-state index in [9.17, 15) is 4.79 Å². The molecule has 1 saturated heterocycles. The number of nitrogens with zero attached hydrogens (tertiary/aromatic N) is 2. The standard InChI is InChI=1S/C18H28N2O3.C2H2O4/c1-14(2)11-18(21)20-9-7-19(8-10-20)13-15-5-6-16(22-3)12-17(15)23-4;3-1(4)2(5)6/h5-6,12,14H,7-11,13H2,1-4H3;(H,3,4)(H,5,6). The molecular weight excluding hydrogens is 380 g/mol. The molecule has 0 radical (unpaired) electrons. The lowest BCUT2D eigenvalue weighted by atomic mass is 10.1. The Morgan fingerprint density at radius 2 is 1.59 bits per heavy atom. The lowest BCUT2D eigenvalue weighted by Gasteiger charge is -2.35. The third-order valence-electron chi connectivity index (χ3n) is 4.38. The molecule has 0 atom stereocenters. The summed E-state index contributed by atoms with van der Waals surface area (Å²) in [5.41, 5.74) is 1.15. The summed E-state index contributed by atoms with van der Waals surface area (Å²) in [7, 11) is 3.34. The average Bonchev–Trinajstić information content (AvgIpc) is 2.68. The van der Waals surface area contributed by atoms with E-state index in [1.165, 1.54) is 0 Å². The first-order valence-corrected chi connectivity index (χ1v) is 9.35. The molecule has 29 heavy (non-hydrogen) atoms. The number of amides is 1. The summed E-state index contributed by atoms with van der Waals surface area (Å²) >= 11 is 0. The molecule has 1 aromatic rings. The van der Waals surface area contributed by atoms with Gasteiger partial charge in [0.15, 0.2) is 0 Å². The second-order valence-corrected chi connectivity index (χ2v) is 7.04. The summed E-state index contributed by atoms with van der Waals surface area (Å²) in [6, 6.07) is 5.92. The lowest BCUT2D eigenvalue weighted by molar-refractivity contribution is -0.159. The van der Waals surface area contributed by atoms with E-state index >= 15 is 0 Å². The van der Waals surface area contributed by atoms with Crippen molar-refractivity contribution < 1.29 is 34.1 Å². The summed E-state index contributed by atoms with van der Waals surface area (Å²) in [5.74, 6) is -1.30. The van der Waals surface area contributed by atoms with Crippen LogP contribution in [0.4, 0.5) is 0 Å². The number of hydrogen-bond donors (Lipinski definition) is 2. The molecule has 0 aromatic heterocycles. The Labute approximate surface area is 170 Å². The first-order chi connectivity index (χ1) is 13.7. The number of methoxy groups -OCH3 is 2. The van der Waals surface area contributed by atoms with E-state index in [4.69, 9.17) is 29.3 Å². The fourth-order valence-corrected chi connectivity index (χ4v) is 2.86. The molecule has 1 aromatic carbocycles. The first kappa shape index (κ1) is 24.2. The van der Waals surface area contributed by atoms with Crippen LogP contribution in [0, 0.1) is 5.92 Å². The van der Waals surface area contributed by atoms with Crippen molar-refractivity contribution >= 4 is 17.8 Å². The molecule has 2 rings (SSSR count). The normalized spacial score (nSPS) is 14.0. The first-order valence-electron chi connectivity index (χ1n) is 9.35. The molecule has 0 unspecified atom stereocenters. The minimum absolute atomic E-state index is 0.279. The van der Waals surface area contributed by atoms with Gasteiger partial charge in [0.05, 0.1) is 14.2 Å². The molecular formula is C20H30N2O7. The quantitative estimate of drug-likeness (QED) is 0.679. The molecule has 1 fully saturated rings. The van der Waals surface area contributed by atoms with Gasteiger partial charge in [-0.3, -0.25) is 9.69 Å². The summed E-state index contributed by atoms with van der Waals surface area (Å²) in [6.45, 7) is 8.43. The van der Waals surface area contributed by atoms with Crippen LogP contribution in [0.2, 0.25) is 0 Å². The molecule has 1 amide bonds. The van der Waals surface area contributed by atoms with E-state index in [0.29, 0.717) is 12.3 Å². The van der Waals surface area contributed by atoms with Crippen LogP contribution in [0.25, 0.3) is 0 Å². The number of carbonyl (C=O) groups excluding carboxylic acids is 1. The number of benzene rings is 1. The number of hydrogen-bond acceptors (Lipinski definition) is 6. The highest BCUT2D eigenvalue weighted by Crippen LogP contribution is 2.26. The number of ether oxygens (including phenoxy) is 2. The largest absolute Gasteiger partial charge is 0.497 e. The van der Waals surface area contributed by atoms with Crippen molar-refractivity contribution in [1.82, 2.24) is 9.80 Å². The minimum atomic E-state index is -1.82. The molecule has 1 heterocycles. The van der Waals surface area contributed by atoms with E-state index in [0.717, 1.165) is 49.8 Å². The Bertz CT molecular complexity index is 686. The maximum atomic E-state index is 12.1. The monoisotopic (exact) mass is 410 g/mol. The molecule has 162 valence electrons. The van der Waals surface area contributed by atoms with Gasteiger partial charge in [0.25, 0.3) is 0 Å². The van der Waals surface area contributed by atoms with Gasteiger partial charge in [-0.1, -0.05) is 19.9 Å². The third kappa shape index (κ3) is 8.39. The molecule has 0 spiro atoms. The van der Waals surface area contributed by atoms with Gasteiger partial charge in [0, 0.05) is 50.8 Å². The average molecular weight is 410 g/mol. The number of rotatable bonds is 6. The van der Waals surface area contributed by atoms with Crippen molar-refractivity contribution in [3.05, 3.63) is 23.8 Å². The van der Waals surface area contributed by atoms with Gasteiger partial charge in [0.1, 0.15) is 11.5 Å². The number of carboxylic acids is 2. The smallest absolute Gasteiger partial charge is 0.414 e. The number of carboxylic acid groups (broad SMARTS) is 2. The molecule has 0 saturated carbocycles. The van der Waals surface area contributed by atoms with Crippen LogP contribution in [-0.2, 0) is 20.9 Å². The second-order valence-electron chi connectivity index (χ2n) is 7.04. The molecule has 1 aliphatic rings. The second kappa shape index (κ2) is 11.9. The van der Waals surface area contributed by atoms with E-state index in [-0.39, 0.29) is 5.91 Å². The van der Waals surface area contributed by atoms with E-state index in [2.05, 4.69) is 18.7 Å². The molecule has 9 heteroatoms. The lowest BCUT2D eigenvalue weighted by Crippen LogP contribution is -2.48. The summed E-state index contributed by atoms with van der Waals surface area (Å²) in [5, 5.41) is 14.8. The van der Waals surface area contributed by atoms with Crippen LogP contribution in [0.1, 0.15) is 25.8 Å². The highest BCUT2D eigenvalue weighted by Gasteiger charge is 2.22. The van der Waals surface area contributed by atoms with Crippen LogP contribution in [0.15, 0.2) is 18.2 Å². The van der Waals surface area contributed by atoms with Crippen LogP contribution in [0.5, 0.6) is 11.5 Å². The van der Waals surface area contributed by atoms with Crippen LogP contribution < -0.4 is 9.47 Å². The zero-order valence-electron chi connectivity index (χ0n) is 17.4. The van der Waals surface area contributed by atoms with Crippen molar-refractivity contribution in [2.75, 3.05) is 40.4 Å². The van der Waals surface area contributed by atoms with E-state index < -0.39 is 11.9 Å². The highest BCUT2D eigenvalue weighted by atomic mass is 16.5. The zero-order valence-corrected chi connectivity index (χ0v) is 17.4. The predicted molar refractivity (Wildman–Crippen MR) is 106 cm³/mol. The van der Waals surface area contributed by atoms with Gasteiger partial charge >= 0.3 is 11.9 Å². The SMILES string of the molecule is COc1ccc(CN2CCN(C(=O)CC(C)C)CC2)c(OC)c1.O=C(O)C(=O)O. The van der Waals surface area contributed by atoms with Crippen LogP contribution in [-0.4, -0.2) is 78.3 Å². The highest BCUT2D eigenvalue weighted by molar-refractivity contribution is 6.27. The molecule has 9 nitrogen and oxygen atoms in total. The molecule has 0 bridgehead atoms. The molecule has 2 N–H and O–H groups in total. The van der Waals surface area contributed by atoms with Gasteiger partial charge in [-0.2, -0.15) is 0 Å².